The van der Waals surface area contributed by atoms with Gasteiger partial charge < -0.3 is 24.6 Å². The number of carbonyl (C=O) groups excluding carboxylic acids is 2. The summed E-state index contributed by atoms with van der Waals surface area (Å²) in [6.07, 6.45) is -0.508. The molecule has 0 bridgehead atoms. The van der Waals surface area contributed by atoms with E-state index in [1.165, 1.54) is 28.1 Å². The number of hydrogen-bond donors (Lipinski definition) is 2. The standard InChI is InChI=1S/C16H23NO6/c1-16(2,20)15(19)11-5-7-12(8-6-11)23-10-13(18)17-9-14(21-3)22-4/h5-8,14,20H,9-10H2,1-4H3,(H,17,18). The van der Waals surface area contributed by atoms with E-state index in [-0.39, 0.29) is 24.8 Å². The predicted octanol–water partition coefficient (Wildman–Crippen LogP) is 0.754. The van der Waals surface area contributed by atoms with Crippen LogP contribution < -0.4 is 10.1 Å². The summed E-state index contributed by atoms with van der Waals surface area (Å²) >= 11 is 0. The number of ether oxygens (including phenoxy) is 3. The summed E-state index contributed by atoms with van der Waals surface area (Å²) in [5, 5.41) is 12.3. The van der Waals surface area contributed by atoms with Gasteiger partial charge in [0.05, 0.1) is 6.54 Å². The minimum Gasteiger partial charge on any atom is -0.484 e. The lowest BCUT2D eigenvalue weighted by atomic mass is 9.97. The molecule has 0 saturated carbocycles. The van der Waals surface area contributed by atoms with Crippen LogP contribution in [0.1, 0.15) is 24.2 Å². The van der Waals surface area contributed by atoms with E-state index in [0.717, 1.165) is 0 Å². The van der Waals surface area contributed by atoms with Crippen molar-refractivity contribution >= 4 is 11.7 Å². The van der Waals surface area contributed by atoms with Crippen LogP contribution in [0.2, 0.25) is 0 Å². The summed E-state index contributed by atoms with van der Waals surface area (Å²) in [4.78, 5) is 23.5. The summed E-state index contributed by atoms with van der Waals surface area (Å²) < 4.78 is 15.2. The Kier molecular flexibility index (Phi) is 7.15. The molecule has 1 aromatic rings. The number of carbonyl (C=O) groups is 2. The maximum Gasteiger partial charge on any atom is 0.258 e. The molecule has 1 rings (SSSR count). The van der Waals surface area contributed by atoms with Gasteiger partial charge in [0.1, 0.15) is 11.4 Å². The fourth-order valence-corrected chi connectivity index (χ4v) is 1.72. The van der Waals surface area contributed by atoms with Gasteiger partial charge in [-0.05, 0) is 38.1 Å². The first-order chi connectivity index (χ1) is 10.8. The van der Waals surface area contributed by atoms with Gasteiger partial charge in [0.2, 0.25) is 0 Å². The molecule has 0 aliphatic heterocycles. The zero-order valence-electron chi connectivity index (χ0n) is 13.8. The summed E-state index contributed by atoms with van der Waals surface area (Å²) in [5.41, 5.74) is -1.06. The summed E-state index contributed by atoms with van der Waals surface area (Å²) in [7, 11) is 2.96. The van der Waals surface area contributed by atoms with Crippen LogP contribution in [0.5, 0.6) is 5.75 Å². The number of hydrogen-bond acceptors (Lipinski definition) is 6. The Morgan fingerprint density at radius 2 is 1.74 bits per heavy atom. The number of aliphatic hydroxyl groups is 1. The van der Waals surface area contributed by atoms with Crippen molar-refractivity contribution in [3.8, 4) is 5.75 Å². The Morgan fingerprint density at radius 3 is 2.22 bits per heavy atom. The van der Waals surface area contributed by atoms with Crippen molar-refractivity contribution in [1.29, 1.82) is 0 Å². The first-order valence-electron chi connectivity index (χ1n) is 7.10. The lowest BCUT2D eigenvalue weighted by Crippen LogP contribution is -2.36. The summed E-state index contributed by atoms with van der Waals surface area (Å²) in [6.45, 7) is 2.90. The molecule has 0 aliphatic rings. The van der Waals surface area contributed by atoms with E-state index in [4.69, 9.17) is 14.2 Å². The number of rotatable bonds is 9. The van der Waals surface area contributed by atoms with E-state index in [2.05, 4.69) is 5.32 Å². The van der Waals surface area contributed by atoms with Crippen LogP contribution in [-0.4, -0.2) is 56.1 Å². The Hall–Kier alpha value is -1.96. The largest absolute Gasteiger partial charge is 0.484 e. The van der Waals surface area contributed by atoms with Gasteiger partial charge in [-0.3, -0.25) is 9.59 Å². The monoisotopic (exact) mass is 325 g/mol. The van der Waals surface area contributed by atoms with Gasteiger partial charge >= 0.3 is 0 Å². The Labute approximate surface area is 135 Å². The van der Waals surface area contributed by atoms with Crippen LogP contribution in [0, 0.1) is 0 Å². The van der Waals surface area contributed by atoms with Crippen molar-refractivity contribution in [2.45, 2.75) is 25.7 Å². The fraction of sp³-hybridized carbons (Fsp3) is 0.500. The lowest BCUT2D eigenvalue weighted by molar-refractivity contribution is -0.129. The third-order valence-electron chi connectivity index (χ3n) is 3.03. The smallest absolute Gasteiger partial charge is 0.258 e. The minimum atomic E-state index is -1.43. The third-order valence-corrected chi connectivity index (χ3v) is 3.03. The molecule has 7 nitrogen and oxygen atoms in total. The molecule has 128 valence electrons. The second kappa shape index (κ2) is 8.61. The van der Waals surface area contributed by atoms with Gasteiger partial charge in [0.25, 0.3) is 5.91 Å². The molecule has 2 N–H and O–H groups in total. The molecule has 23 heavy (non-hydrogen) atoms. The van der Waals surface area contributed by atoms with Crippen molar-refractivity contribution in [1.82, 2.24) is 5.32 Å². The van der Waals surface area contributed by atoms with Gasteiger partial charge in [0, 0.05) is 19.8 Å². The maximum absolute atomic E-state index is 11.9. The maximum atomic E-state index is 11.9. The Balaban J connectivity index is 2.47. The highest BCUT2D eigenvalue weighted by Crippen LogP contribution is 2.17. The number of nitrogens with one attached hydrogen (secondary N) is 1. The number of ketones is 1. The molecule has 0 spiro atoms. The van der Waals surface area contributed by atoms with Crippen LogP contribution in [0.4, 0.5) is 0 Å². The highest BCUT2D eigenvalue weighted by atomic mass is 16.7. The van der Waals surface area contributed by atoms with Gasteiger partial charge in [0.15, 0.2) is 18.7 Å². The van der Waals surface area contributed by atoms with Gasteiger partial charge in [-0.1, -0.05) is 0 Å². The quantitative estimate of drug-likeness (QED) is 0.514. The second-order valence-electron chi connectivity index (χ2n) is 5.41. The van der Waals surface area contributed by atoms with Crippen molar-refractivity contribution in [2.75, 3.05) is 27.4 Å². The molecule has 0 atom stereocenters. The molecular weight excluding hydrogens is 302 g/mol. The topological polar surface area (TPSA) is 94.1 Å². The number of benzene rings is 1. The summed E-state index contributed by atoms with van der Waals surface area (Å²) in [6, 6.07) is 6.22. The zero-order chi connectivity index (χ0) is 17.5. The first-order valence-corrected chi connectivity index (χ1v) is 7.10. The molecule has 0 aliphatic carbocycles. The van der Waals surface area contributed by atoms with Crippen molar-refractivity contribution in [2.24, 2.45) is 0 Å². The zero-order valence-corrected chi connectivity index (χ0v) is 13.8. The van der Waals surface area contributed by atoms with Crippen molar-refractivity contribution in [3.05, 3.63) is 29.8 Å². The van der Waals surface area contributed by atoms with E-state index in [1.807, 2.05) is 0 Å². The molecule has 7 heteroatoms. The molecule has 0 fully saturated rings. The van der Waals surface area contributed by atoms with Crippen LogP contribution in [0.15, 0.2) is 24.3 Å². The number of amides is 1. The molecule has 0 unspecified atom stereocenters. The molecule has 0 radical (unpaired) electrons. The average molecular weight is 325 g/mol. The van der Waals surface area contributed by atoms with Crippen molar-refractivity contribution < 1.29 is 28.9 Å². The summed E-state index contributed by atoms with van der Waals surface area (Å²) in [5.74, 6) is -0.254. The van der Waals surface area contributed by atoms with E-state index in [0.29, 0.717) is 11.3 Å². The molecule has 1 amide bonds. The highest BCUT2D eigenvalue weighted by Gasteiger charge is 2.24. The molecule has 1 aromatic carbocycles. The highest BCUT2D eigenvalue weighted by molar-refractivity contribution is 6.01. The second-order valence-corrected chi connectivity index (χ2v) is 5.41. The van der Waals surface area contributed by atoms with E-state index in [1.54, 1.807) is 24.3 Å². The SMILES string of the molecule is COC(CNC(=O)COc1ccc(C(=O)C(C)(C)O)cc1)OC. The van der Waals surface area contributed by atoms with E-state index in [9.17, 15) is 14.7 Å². The molecular formula is C16H23NO6. The third kappa shape index (κ3) is 6.35. The van der Waals surface area contributed by atoms with Gasteiger partial charge in [-0.15, -0.1) is 0 Å². The normalized spacial score (nSPS) is 11.4. The van der Waals surface area contributed by atoms with Crippen LogP contribution in [0.3, 0.4) is 0 Å². The average Bonchev–Trinajstić information content (AvgIpc) is 2.52. The molecule has 0 heterocycles. The molecule has 0 aromatic heterocycles. The fourth-order valence-electron chi connectivity index (χ4n) is 1.72. The van der Waals surface area contributed by atoms with Crippen LogP contribution in [-0.2, 0) is 14.3 Å². The Bertz CT molecular complexity index is 516. The predicted molar refractivity (Wildman–Crippen MR) is 83.4 cm³/mol. The van der Waals surface area contributed by atoms with Gasteiger partial charge in [-0.25, -0.2) is 0 Å². The van der Waals surface area contributed by atoms with Gasteiger partial charge in [-0.2, -0.15) is 0 Å². The van der Waals surface area contributed by atoms with E-state index < -0.39 is 11.9 Å². The van der Waals surface area contributed by atoms with Crippen LogP contribution in [0.25, 0.3) is 0 Å². The lowest BCUT2D eigenvalue weighted by Gasteiger charge is -2.16. The minimum absolute atomic E-state index is 0.168. The van der Waals surface area contributed by atoms with E-state index >= 15 is 0 Å². The van der Waals surface area contributed by atoms with Crippen molar-refractivity contribution in [3.63, 3.8) is 0 Å². The first kappa shape index (κ1) is 19.1. The number of methoxy groups -OCH3 is 2. The Morgan fingerprint density at radius 1 is 1.17 bits per heavy atom. The molecule has 0 saturated heterocycles. The number of Topliss-reactive ketones (excluding diaryl/α,β-unsaturated/α-hetero) is 1. The van der Waals surface area contributed by atoms with Crippen LogP contribution >= 0.6 is 0 Å².